The minimum atomic E-state index is -3.90. The second-order valence-electron chi connectivity index (χ2n) is 4.16. The Morgan fingerprint density at radius 1 is 1.45 bits per heavy atom. The Kier molecular flexibility index (Phi) is 5.14. The van der Waals surface area contributed by atoms with Crippen LogP contribution in [0, 0.1) is 6.92 Å². The molecule has 0 N–H and O–H groups in total. The Balaban J connectivity index is 3.08. The van der Waals surface area contributed by atoms with Crippen LogP contribution in [0.1, 0.15) is 5.69 Å². The minimum Gasteiger partial charge on any atom is -0.275 e. The summed E-state index contributed by atoms with van der Waals surface area (Å²) in [5.74, 6) is -0.503. The van der Waals surface area contributed by atoms with E-state index in [9.17, 15) is 13.2 Å². The maximum atomic E-state index is 12.4. The lowest BCUT2D eigenvalue weighted by atomic mass is 10.5. The summed E-state index contributed by atoms with van der Waals surface area (Å²) in [6.45, 7) is 1.17. The molecule has 0 saturated carbocycles. The highest BCUT2D eigenvalue weighted by Crippen LogP contribution is 2.26. The fourth-order valence-corrected chi connectivity index (χ4v) is 3.35. The van der Waals surface area contributed by atoms with Crippen molar-refractivity contribution in [2.45, 2.75) is 11.8 Å². The van der Waals surface area contributed by atoms with Gasteiger partial charge < -0.3 is 0 Å². The highest BCUT2D eigenvalue weighted by atomic mass is 35.5. The predicted octanol–water partition coefficient (Wildman–Crippen LogP) is 0.0222. The summed E-state index contributed by atoms with van der Waals surface area (Å²) in [5.41, 5.74) is 0.275. The van der Waals surface area contributed by atoms with E-state index < -0.39 is 15.9 Å². The molecule has 0 atom stereocenters. The topological polar surface area (TPSA) is 84.7 Å². The fraction of sp³-hybridized carbons (Fsp3) is 0.600. The quantitative estimate of drug-likeness (QED) is 0.713. The van der Waals surface area contributed by atoms with Crippen LogP contribution in [0.2, 0.25) is 5.15 Å². The fourth-order valence-electron chi connectivity index (χ4n) is 1.54. The van der Waals surface area contributed by atoms with Gasteiger partial charge in [0.25, 0.3) is 5.91 Å². The first kappa shape index (κ1) is 16.9. The lowest BCUT2D eigenvalue weighted by Crippen LogP contribution is -2.39. The molecule has 0 aliphatic heterocycles. The second kappa shape index (κ2) is 6.08. The van der Waals surface area contributed by atoms with Gasteiger partial charge in [-0.1, -0.05) is 11.6 Å². The van der Waals surface area contributed by atoms with E-state index in [2.05, 4.69) is 5.10 Å². The van der Waals surface area contributed by atoms with Crippen LogP contribution in [0.15, 0.2) is 4.90 Å². The lowest BCUT2D eigenvalue weighted by Gasteiger charge is -2.19. The largest absolute Gasteiger partial charge is 0.275 e. The Bertz CT molecular complexity index is 613. The van der Waals surface area contributed by atoms with Crippen LogP contribution in [0.25, 0.3) is 0 Å². The first-order chi connectivity index (χ1) is 9.12. The molecule has 20 heavy (non-hydrogen) atoms. The molecule has 0 fully saturated rings. The number of amides is 1. The Hall–Kier alpha value is -1.16. The summed E-state index contributed by atoms with van der Waals surface area (Å²) in [6.07, 6.45) is 0. The van der Waals surface area contributed by atoms with Crippen molar-refractivity contribution in [2.75, 3.05) is 27.7 Å². The summed E-state index contributed by atoms with van der Waals surface area (Å²) < 4.78 is 27.0. The average molecular weight is 325 g/mol. The van der Waals surface area contributed by atoms with Crippen molar-refractivity contribution in [1.29, 1.82) is 0 Å². The standard InChI is InChI=1S/C10H17ClN4O4S/c1-7-9(10(11)14(3)12-7)20(17,18)13(2)6-8(16)15(4)19-5/h6H2,1-5H3. The summed E-state index contributed by atoms with van der Waals surface area (Å²) >= 11 is 5.94. The molecular formula is C10H17ClN4O4S. The van der Waals surface area contributed by atoms with Crippen molar-refractivity contribution in [2.24, 2.45) is 7.05 Å². The van der Waals surface area contributed by atoms with Crippen molar-refractivity contribution >= 4 is 27.5 Å². The van der Waals surface area contributed by atoms with Gasteiger partial charge in [0.1, 0.15) is 10.0 Å². The van der Waals surface area contributed by atoms with E-state index in [0.29, 0.717) is 0 Å². The van der Waals surface area contributed by atoms with Crippen molar-refractivity contribution in [1.82, 2.24) is 19.1 Å². The molecule has 1 amide bonds. The molecule has 0 aromatic carbocycles. The number of hydrogen-bond donors (Lipinski definition) is 0. The molecule has 0 radical (unpaired) electrons. The number of rotatable bonds is 5. The van der Waals surface area contributed by atoms with Gasteiger partial charge in [-0.05, 0) is 6.92 Å². The molecule has 1 heterocycles. The van der Waals surface area contributed by atoms with Gasteiger partial charge in [0.15, 0.2) is 0 Å². The number of aromatic nitrogens is 2. The van der Waals surface area contributed by atoms with Crippen LogP contribution in [0.4, 0.5) is 0 Å². The van der Waals surface area contributed by atoms with Gasteiger partial charge in [-0.15, -0.1) is 0 Å². The number of nitrogens with zero attached hydrogens (tertiary/aromatic N) is 4. The van der Waals surface area contributed by atoms with E-state index in [0.717, 1.165) is 9.37 Å². The second-order valence-corrected chi connectivity index (χ2v) is 6.50. The zero-order chi connectivity index (χ0) is 15.7. The number of carbonyl (C=O) groups is 1. The smallest absolute Gasteiger partial charge is 0.261 e. The molecule has 0 bridgehead atoms. The van der Waals surface area contributed by atoms with Crippen molar-refractivity contribution < 1.29 is 18.0 Å². The summed E-state index contributed by atoms with van der Waals surface area (Å²) in [4.78, 5) is 16.3. The molecule has 0 aliphatic rings. The van der Waals surface area contributed by atoms with Crippen molar-refractivity contribution in [3.63, 3.8) is 0 Å². The summed E-state index contributed by atoms with van der Waals surface area (Å²) in [7, 11) is 1.64. The molecule has 1 aromatic heterocycles. The zero-order valence-corrected chi connectivity index (χ0v) is 13.5. The number of carbonyl (C=O) groups excluding carboxylic acids is 1. The Morgan fingerprint density at radius 2 is 2.00 bits per heavy atom. The third-order valence-corrected chi connectivity index (χ3v) is 5.25. The number of likely N-dealkylation sites (N-methyl/N-ethyl adjacent to an activating group) is 2. The van der Waals surface area contributed by atoms with E-state index in [4.69, 9.17) is 16.4 Å². The Morgan fingerprint density at radius 3 is 2.40 bits per heavy atom. The van der Waals surface area contributed by atoms with Gasteiger partial charge >= 0.3 is 0 Å². The maximum Gasteiger partial charge on any atom is 0.261 e. The van der Waals surface area contributed by atoms with Gasteiger partial charge in [-0.2, -0.15) is 9.40 Å². The number of hydroxylamine groups is 2. The number of halogens is 1. The zero-order valence-electron chi connectivity index (χ0n) is 11.9. The molecular weight excluding hydrogens is 308 g/mol. The lowest BCUT2D eigenvalue weighted by molar-refractivity contribution is -0.168. The number of sulfonamides is 1. The third-order valence-electron chi connectivity index (χ3n) is 2.75. The van der Waals surface area contributed by atoms with Crippen LogP contribution in [0.5, 0.6) is 0 Å². The van der Waals surface area contributed by atoms with Gasteiger partial charge in [0.05, 0.1) is 19.3 Å². The molecule has 1 aromatic rings. The van der Waals surface area contributed by atoms with Crippen LogP contribution in [-0.2, 0) is 26.7 Å². The van der Waals surface area contributed by atoms with E-state index in [1.165, 1.54) is 39.9 Å². The maximum absolute atomic E-state index is 12.4. The first-order valence-electron chi connectivity index (χ1n) is 5.59. The minimum absolute atomic E-state index is 0.00175. The Labute approximate surface area is 122 Å². The van der Waals surface area contributed by atoms with Gasteiger partial charge in [0.2, 0.25) is 10.0 Å². The average Bonchev–Trinajstić information content (AvgIpc) is 2.62. The highest BCUT2D eigenvalue weighted by molar-refractivity contribution is 7.89. The molecule has 114 valence electrons. The van der Waals surface area contributed by atoms with E-state index in [1.54, 1.807) is 0 Å². The SMILES string of the molecule is CON(C)C(=O)CN(C)S(=O)(=O)c1c(C)nn(C)c1Cl. The van der Waals surface area contributed by atoms with E-state index in [-0.39, 0.29) is 22.3 Å². The molecule has 1 rings (SSSR count). The van der Waals surface area contributed by atoms with E-state index >= 15 is 0 Å². The summed E-state index contributed by atoms with van der Waals surface area (Å²) in [6, 6.07) is 0. The molecule has 0 spiro atoms. The van der Waals surface area contributed by atoms with Crippen LogP contribution in [-0.4, -0.2) is 61.2 Å². The molecule has 8 nitrogen and oxygen atoms in total. The molecule has 0 saturated heterocycles. The van der Waals surface area contributed by atoms with Gasteiger partial charge in [-0.25, -0.2) is 13.5 Å². The monoisotopic (exact) mass is 324 g/mol. The number of aryl methyl sites for hydroxylation is 2. The van der Waals surface area contributed by atoms with Gasteiger partial charge in [0, 0.05) is 21.1 Å². The predicted molar refractivity (Wildman–Crippen MR) is 72.5 cm³/mol. The first-order valence-corrected chi connectivity index (χ1v) is 7.40. The third kappa shape index (κ3) is 3.11. The van der Waals surface area contributed by atoms with Crippen molar-refractivity contribution in [3.05, 3.63) is 10.8 Å². The highest BCUT2D eigenvalue weighted by Gasteiger charge is 2.30. The van der Waals surface area contributed by atoms with Crippen LogP contribution >= 0.6 is 11.6 Å². The molecule has 10 heteroatoms. The number of hydrogen-bond acceptors (Lipinski definition) is 5. The molecule has 0 unspecified atom stereocenters. The van der Waals surface area contributed by atoms with Gasteiger partial charge in [-0.3, -0.25) is 14.3 Å². The van der Waals surface area contributed by atoms with Crippen molar-refractivity contribution in [3.8, 4) is 0 Å². The van der Waals surface area contributed by atoms with E-state index in [1.807, 2.05) is 0 Å². The van der Waals surface area contributed by atoms with Crippen LogP contribution < -0.4 is 0 Å². The molecule has 0 aliphatic carbocycles. The summed E-state index contributed by atoms with van der Waals surface area (Å²) in [5, 5.41) is 4.90. The van der Waals surface area contributed by atoms with Crippen LogP contribution in [0.3, 0.4) is 0 Å². The normalized spacial score (nSPS) is 11.9.